The molecule has 0 radical (unpaired) electrons. The van der Waals surface area contributed by atoms with Crippen LogP contribution in [0.5, 0.6) is 0 Å². The van der Waals surface area contributed by atoms with Gasteiger partial charge in [0.25, 0.3) is 0 Å². The average Bonchev–Trinajstić information content (AvgIpc) is 2.39. The summed E-state index contributed by atoms with van der Waals surface area (Å²) < 4.78 is 0. The van der Waals surface area contributed by atoms with Gasteiger partial charge in [-0.2, -0.15) is 17.9 Å². The fraction of sp³-hybridized carbons (Fsp3) is 0.500. The number of carbonyl (C=O) groups is 4. The maximum atomic E-state index is 11.6. The number of hydrogen-bond acceptors (Lipinski definition) is 6. The normalized spacial score (nSPS) is 14.1. The summed E-state index contributed by atoms with van der Waals surface area (Å²) in [6, 6.07) is -1.30. The Morgan fingerprint density at radius 1 is 1.24 bits per heavy atom. The van der Waals surface area contributed by atoms with Crippen molar-refractivity contribution >= 4 is 36.6 Å². The minimum absolute atomic E-state index is 0.259. The lowest BCUT2D eigenvalue weighted by molar-refractivity contribution is -0.143. The van der Waals surface area contributed by atoms with E-state index < -0.39 is 48.4 Å². The van der Waals surface area contributed by atoms with E-state index >= 15 is 0 Å². The molecular formula is C10H13N3O7S. The predicted molar refractivity (Wildman–Crippen MR) is 69.8 cm³/mol. The van der Waals surface area contributed by atoms with Crippen LogP contribution in [0.25, 0.3) is 0 Å². The number of carboxylic acids is 3. The quantitative estimate of drug-likeness (QED) is 0.305. The molecule has 0 aliphatic rings. The van der Waals surface area contributed by atoms with Gasteiger partial charge in [0.05, 0.1) is 0 Å². The summed E-state index contributed by atoms with van der Waals surface area (Å²) in [5, 5.41) is 38.8. The monoisotopic (exact) mass is 319 g/mol. The molecule has 0 aliphatic heterocycles. The standard InChI is InChI=1S/C10H13N3O7S/c11-4-10(8(18)19,2-1-6(14)15)13-9(20)12-5(3-21)7(16)17/h5,21H,1-3H2,(H,14,15)(H,16,17)(H,18,19)(H2,12,13,20). The number of carboxylic acid groups (broad SMARTS) is 3. The summed E-state index contributed by atoms with van der Waals surface area (Å²) in [6.07, 6.45) is -1.35. The molecule has 0 bridgehead atoms. The third-order valence-electron chi connectivity index (χ3n) is 2.38. The largest absolute Gasteiger partial charge is 0.481 e. The maximum Gasteiger partial charge on any atom is 0.344 e. The van der Waals surface area contributed by atoms with E-state index in [2.05, 4.69) is 12.6 Å². The second-order valence-corrected chi connectivity index (χ2v) is 4.25. The van der Waals surface area contributed by atoms with Crippen molar-refractivity contribution in [3.05, 3.63) is 0 Å². The van der Waals surface area contributed by atoms with E-state index in [-0.39, 0.29) is 5.75 Å². The molecule has 0 spiro atoms. The molecule has 2 unspecified atom stereocenters. The Morgan fingerprint density at radius 2 is 1.81 bits per heavy atom. The SMILES string of the molecule is N#CC(CCC(=O)O)(NC(=O)NC(CS)C(=O)O)C(=O)O. The molecule has 0 saturated carbocycles. The van der Waals surface area contributed by atoms with E-state index in [1.54, 1.807) is 5.32 Å². The van der Waals surface area contributed by atoms with E-state index in [4.69, 9.17) is 20.6 Å². The number of nitriles is 1. The highest BCUT2D eigenvalue weighted by atomic mass is 32.1. The first kappa shape index (κ1) is 18.5. The highest BCUT2D eigenvalue weighted by Gasteiger charge is 2.41. The topological polar surface area (TPSA) is 177 Å². The smallest absolute Gasteiger partial charge is 0.344 e. The van der Waals surface area contributed by atoms with Crippen LogP contribution in [0, 0.1) is 11.3 Å². The van der Waals surface area contributed by atoms with Crippen LogP contribution >= 0.6 is 12.6 Å². The van der Waals surface area contributed by atoms with E-state index in [1.165, 1.54) is 6.07 Å². The number of urea groups is 1. The summed E-state index contributed by atoms with van der Waals surface area (Å²) in [5.74, 6) is -4.76. The Balaban J connectivity index is 5.01. The molecule has 0 saturated heterocycles. The summed E-state index contributed by atoms with van der Waals surface area (Å²) in [6.45, 7) is 0. The van der Waals surface area contributed by atoms with Crippen LogP contribution in [0.1, 0.15) is 12.8 Å². The van der Waals surface area contributed by atoms with Gasteiger partial charge in [-0.15, -0.1) is 0 Å². The molecule has 10 nitrogen and oxygen atoms in total. The Labute approximate surface area is 124 Å². The third-order valence-corrected chi connectivity index (χ3v) is 2.75. The van der Waals surface area contributed by atoms with Gasteiger partial charge in [0, 0.05) is 18.6 Å². The Bertz CT molecular complexity index is 490. The number of rotatable bonds is 8. The zero-order chi connectivity index (χ0) is 16.6. The van der Waals surface area contributed by atoms with Gasteiger partial charge in [-0.25, -0.2) is 14.4 Å². The molecule has 0 aliphatic carbocycles. The van der Waals surface area contributed by atoms with E-state index in [0.29, 0.717) is 0 Å². The first-order chi connectivity index (χ1) is 9.68. The van der Waals surface area contributed by atoms with Crippen LogP contribution < -0.4 is 10.6 Å². The number of amides is 2. The number of hydrogen-bond donors (Lipinski definition) is 6. The van der Waals surface area contributed by atoms with Gasteiger partial charge in [0.15, 0.2) is 0 Å². The minimum atomic E-state index is -2.47. The van der Waals surface area contributed by atoms with Gasteiger partial charge >= 0.3 is 23.9 Å². The molecule has 0 aromatic heterocycles. The molecule has 0 aromatic carbocycles. The molecule has 116 valence electrons. The van der Waals surface area contributed by atoms with Crippen LogP contribution in [0.3, 0.4) is 0 Å². The van der Waals surface area contributed by atoms with Crippen LogP contribution in [0.15, 0.2) is 0 Å². The molecular weight excluding hydrogens is 306 g/mol. The fourth-order valence-corrected chi connectivity index (χ4v) is 1.47. The number of thiol groups is 1. The van der Waals surface area contributed by atoms with Gasteiger partial charge in [-0.3, -0.25) is 4.79 Å². The molecule has 2 atom stereocenters. The second-order valence-electron chi connectivity index (χ2n) is 3.89. The van der Waals surface area contributed by atoms with E-state index in [9.17, 15) is 19.2 Å². The summed E-state index contributed by atoms with van der Waals surface area (Å²) in [7, 11) is 0. The van der Waals surface area contributed by atoms with Gasteiger partial charge in [-0.05, 0) is 0 Å². The fourth-order valence-electron chi connectivity index (χ4n) is 1.22. The zero-order valence-corrected chi connectivity index (χ0v) is 11.5. The Kier molecular flexibility index (Phi) is 7.01. The first-order valence-corrected chi connectivity index (χ1v) is 6.10. The number of carbonyl (C=O) groups excluding carboxylic acids is 1. The molecule has 0 fully saturated rings. The Hall–Kier alpha value is -2.48. The molecule has 0 aromatic rings. The number of aliphatic carboxylic acids is 3. The maximum absolute atomic E-state index is 11.6. The predicted octanol–water partition coefficient (Wildman–Crippen LogP) is -1.12. The zero-order valence-electron chi connectivity index (χ0n) is 10.6. The average molecular weight is 319 g/mol. The van der Waals surface area contributed by atoms with Crippen LogP contribution in [0.4, 0.5) is 4.79 Å². The summed E-state index contributed by atoms with van der Waals surface area (Å²) >= 11 is 3.69. The number of nitrogens with zero attached hydrogens (tertiary/aromatic N) is 1. The highest BCUT2D eigenvalue weighted by Crippen LogP contribution is 2.13. The van der Waals surface area contributed by atoms with Crippen LogP contribution in [-0.4, -0.2) is 56.6 Å². The molecule has 5 N–H and O–H groups in total. The second kappa shape index (κ2) is 7.95. The molecule has 11 heteroatoms. The summed E-state index contributed by atoms with van der Waals surface area (Å²) in [4.78, 5) is 43.8. The minimum Gasteiger partial charge on any atom is -0.481 e. The molecule has 0 heterocycles. The lowest BCUT2D eigenvalue weighted by Gasteiger charge is -2.23. The van der Waals surface area contributed by atoms with Crippen molar-refractivity contribution < 1.29 is 34.5 Å². The van der Waals surface area contributed by atoms with Gasteiger partial charge in [0.2, 0.25) is 5.54 Å². The van der Waals surface area contributed by atoms with Crippen molar-refractivity contribution in [3.8, 4) is 6.07 Å². The summed E-state index contributed by atoms with van der Waals surface area (Å²) in [5.41, 5.74) is -2.47. The van der Waals surface area contributed by atoms with Gasteiger partial charge < -0.3 is 26.0 Å². The van der Waals surface area contributed by atoms with Crippen molar-refractivity contribution in [2.45, 2.75) is 24.4 Å². The third kappa shape index (κ3) is 5.57. The first-order valence-electron chi connectivity index (χ1n) is 5.47. The highest BCUT2D eigenvalue weighted by molar-refractivity contribution is 7.80. The van der Waals surface area contributed by atoms with Gasteiger partial charge in [0.1, 0.15) is 12.1 Å². The Morgan fingerprint density at radius 3 is 2.14 bits per heavy atom. The van der Waals surface area contributed by atoms with Crippen molar-refractivity contribution in [3.63, 3.8) is 0 Å². The molecule has 2 amide bonds. The lowest BCUT2D eigenvalue weighted by Crippen LogP contribution is -2.59. The van der Waals surface area contributed by atoms with Crippen LogP contribution in [-0.2, 0) is 14.4 Å². The van der Waals surface area contributed by atoms with E-state index in [0.717, 1.165) is 0 Å². The van der Waals surface area contributed by atoms with E-state index in [1.807, 2.05) is 5.32 Å². The van der Waals surface area contributed by atoms with Crippen molar-refractivity contribution in [1.29, 1.82) is 5.26 Å². The molecule has 0 rings (SSSR count). The van der Waals surface area contributed by atoms with Crippen molar-refractivity contribution in [2.75, 3.05) is 5.75 Å². The number of nitrogens with one attached hydrogen (secondary N) is 2. The lowest BCUT2D eigenvalue weighted by atomic mass is 9.95. The van der Waals surface area contributed by atoms with Crippen LogP contribution in [0.2, 0.25) is 0 Å². The van der Waals surface area contributed by atoms with Crippen molar-refractivity contribution in [1.82, 2.24) is 10.6 Å². The molecule has 21 heavy (non-hydrogen) atoms. The van der Waals surface area contributed by atoms with Crippen molar-refractivity contribution in [2.24, 2.45) is 0 Å². The van der Waals surface area contributed by atoms with Gasteiger partial charge in [-0.1, -0.05) is 0 Å².